The fourth-order valence-corrected chi connectivity index (χ4v) is 2.99. The van der Waals surface area contributed by atoms with Crippen LogP contribution in [0.3, 0.4) is 0 Å². The highest BCUT2D eigenvalue weighted by atomic mass is 15.3. The van der Waals surface area contributed by atoms with Crippen LogP contribution in [0, 0.1) is 0 Å². The molecule has 0 saturated heterocycles. The summed E-state index contributed by atoms with van der Waals surface area (Å²) in [4.78, 5) is 0. The molecule has 0 aliphatic heterocycles. The molecule has 0 amide bonds. The van der Waals surface area contributed by atoms with Gasteiger partial charge < -0.3 is 4.48 Å². The van der Waals surface area contributed by atoms with Gasteiger partial charge in [-0.2, -0.15) is 0 Å². The van der Waals surface area contributed by atoms with E-state index in [9.17, 15) is 0 Å². The first kappa shape index (κ1) is 17.5. The molecule has 0 aliphatic rings. The van der Waals surface area contributed by atoms with Crippen LogP contribution in [-0.2, 0) is 13.1 Å². The molecule has 1 nitrogen and oxygen atoms in total. The highest BCUT2D eigenvalue weighted by molar-refractivity contribution is 5.47. The fourth-order valence-electron chi connectivity index (χ4n) is 2.99. The number of benzene rings is 2. The van der Waals surface area contributed by atoms with Gasteiger partial charge in [0.15, 0.2) is 0 Å². The molecule has 1 heteroatoms. The van der Waals surface area contributed by atoms with Crippen LogP contribution in [0.5, 0.6) is 0 Å². The van der Waals surface area contributed by atoms with E-state index in [1.807, 2.05) is 6.08 Å². The van der Waals surface area contributed by atoms with E-state index in [4.69, 9.17) is 0 Å². The SMILES string of the molecule is C=Cc1ccc(C[N+](C)(C)Cc2ccc(C(C)CC)cc2)cc1. The second-order valence-corrected chi connectivity index (χ2v) is 7.25. The zero-order chi connectivity index (χ0) is 16.9. The van der Waals surface area contributed by atoms with Crippen molar-refractivity contribution in [3.63, 3.8) is 0 Å². The predicted molar refractivity (Wildman–Crippen MR) is 101 cm³/mol. The summed E-state index contributed by atoms with van der Waals surface area (Å²) >= 11 is 0. The molecular formula is C22H30N+. The lowest BCUT2D eigenvalue weighted by atomic mass is 9.97. The van der Waals surface area contributed by atoms with Crippen molar-refractivity contribution in [2.75, 3.05) is 14.1 Å². The van der Waals surface area contributed by atoms with Gasteiger partial charge in [0.05, 0.1) is 14.1 Å². The highest BCUT2D eigenvalue weighted by Gasteiger charge is 2.17. The van der Waals surface area contributed by atoms with Crippen LogP contribution in [0.25, 0.3) is 6.08 Å². The molecular weight excluding hydrogens is 278 g/mol. The molecule has 1 unspecified atom stereocenters. The molecule has 2 aromatic rings. The molecule has 0 N–H and O–H groups in total. The molecule has 122 valence electrons. The Labute approximate surface area is 141 Å². The summed E-state index contributed by atoms with van der Waals surface area (Å²) in [7, 11) is 4.59. The molecule has 0 spiro atoms. The van der Waals surface area contributed by atoms with Gasteiger partial charge in [-0.15, -0.1) is 0 Å². The lowest BCUT2D eigenvalue weighted by Crippen LogP contribution is -2.37. The van der Waals surface area contributed by atoms with Crippen molar-refractivity contribution in [1.82, 2.24) is 0 Å². The number of rotatable bonds is 7. The molecule has 0 fully saturated rings. The Morgan fingerprint density at radius 2 is 1.39 bits per heavy atom. The maximum absolute atomic E-state index is 3.81. The molecule has 2 rings (SSSR count). The lowest BCUT2D eigenvalue weighted by molar-refractivity contribution is -0.916. The standard InChI is InChI=1S/C22H30N/c1-6-18(3)22-14-12-21(13-15-22)17-23(4,5)16-20-10-8-19(7-2)9-11-20/h7-15,18H,2,6,16-17H2,1,3-5H3/q+1. The van der Waals surface area contributed by atoms with E-state index in [-0.39, 0.29) is 0 Å². The summed E-state index contributed by atoms with van der Waals surface area (Å²) < 4.78 is 0.954. The topological polar surface area (TPSA) is 0 Å². The largest absolute Gasteiger partial charge is 0.321 e. The fraction of sp³-hybridized carbons (Fsp3) is 0.364. The van der Waals surface area contributed by atoms with Gasteiger partial charge in [0.1, 0.15) is 13.1 Å². The van der Waals surface area contributed by atoms with Crippen LogP contribution in [0.1, 0.15) is 48.4 Å². The summed E-state index contributed by atoms with van der Waals surface area (Å²) in [5.74, 6) is 0.648. The van der Waals surface area contributed by atoms with Gasteiger partial charge in [-0.25, -0.2) is 0 Å². The van der Waals surface area contributed by atoms with E-state index in [2.05, 4.69) is 83.1 Å². The van der Waals surface area contributed by atoms with Crippen molar-refractivity contribution < 1.29 is 4.48 Å². The Balaban J connectivity index is 2.03. The van der Waals surface area contributed by atoms with Crippen LogP contribution in [-0.4, -0.2) is 18.6 Å². The lowest BCUT2D eigenvalue weighted by Gasteiger charge is -2.30. The van der Waals surface area contributed by atoms with Crippen LogP contribution in [0.2, 0.25) is 0 Å². The zero-order valence-corrected chi connectivity index (χ0v) is 15.0. The minimum atomic E-state index is 0.648. The average molecular weight is 308 g/mol. The summed E-state index contributed by atoms with van der Waals surface area (Å²) in [5.41, 5.74) is 5.41. The maximum Gasteiger partial charge on any atom is 0.104 e. The van der Waals surface area contributed by atoms with Crippen LogP contribution < -0.4 is 0 Å². The third kappa shape index (κ3) is 5.07. The van der Waals surface area contributed by atoms with Crippen molar-refractivity contribution in [3.8, 4) is 0 Å². The van der Waals surface area contributed by atoms with Gasteiger partial charge in [-0.3, -0.25) is 0 Å². The molecule has 0 heterocycles. The van der Waals surface area contributed by atoms with Crippen molar-refractivity contribution in [2.24, 2.45) is 0 Å². The average Bonchev–Trinajstić information content (AvgIpc) is 2.54. The van der Waals surface area contributed by atoms with Gasteiger partial charge in [-0.1, -0.05) is 75.0 Å². The van der Waals surface area contributed by atoms with Crippen molar-refractivity contribution in [3.05, 3.63) is 77.4 Å². The number of hydrogen-bond donors (Lipinski definition) is 0. The minimum absolute atomic E-state index is 0.648. The summed E-state index contributed by atoms with van der Waals surface area (Å²) in [5, 5.41) is 0. The molecule has 1 atom stereocenters. The second-order valence-electron chi connectivity index (χ2n) is 7.25. The molecule has 0 saturated carbocycles. The first-order chi connectivity index (χ1) is 10.9. The Morgan fingerprint density at radius 3 is 1.83 bits per heavy atom. The van der Waals surface area contributed by atoms with Gasteiger partial charge in [-0.05, 0) is 23.5 Å². The first-order valence-electron chi connectivity index (χ1n) is 8.56. The monoisotopic (exact) mass is 308 g/mol. The van der Waals surface area contributed by atoms with E-state index in [1.165, 1.54) is 28.7 Å². The van der Waals surface area contributed by atoms with Gasteiger partial charge in [0, 0.05) is 11.1 Å². The Hall–Kier alpha value is -1.86. The smallest absolute Gasteiger partial charge is 0.104 e. The number of hydrogen-bond acceptors (Lipinski definition) is 0. The Bertz CT molecular complexity index is 620. The van der Waals surface area contributed by atoms with Gasteiger partial charge in [0.25, 0.3) is 0 Å². The Morgan fingerprint density at radius 1 is 0.913 bits per heavy atom. The molecule has 23 heavy (non-hydrogen) atoms. The van der Waals surface area contributed by atoms with E-state index >= 15 is 0 Å². The number of nitrogens with zero attached hydrogens (tertiary/aromatic N) is 1. The third-order valence-electron chi connectivity index (χ3n) is 4.60. The van der Waals surface area contributed by atoms with Crippen LogP contribution in [0.4, 0.5) is 0 Å². The van der Waals surface area contributed by atoms with Gasteiger partial charge >= 0.3 is 0 Å². The molecule has 0 aliphatic carbocycles. The zero-order valence-electron chi connectivity index (χ0n) is 15.0. The summed E-state index contributed by atoms with van der Waals surface area (Å²) in [6.07, 6.45) is 3.09. The molecule has 0 bridgehead atoms. The second kappa shape index (κ2) is 7.61. The summed E-state index contributed by atoms with van der Waals surface area (Å²) in [6, 6.07) is 17.9. The highest BCUT2D eigenvalue weighted by Crippen LogP contribution is 2.21. The van der Waals surface area contributed by atoms with E-state index in [1.54, 1.807) is 0 Å². The number of quaternary nitrogens is 1. The molecule has 2 aromatic carbocycles. The Kier molecular flexibility index (Phi) is 5.79. The predicted octanol–water partition coefficient (Wildman–Crippen LogP) is 5.62. The molecule has 0 aromatic heterocycles. The maximum atomic E-state index is 3.81. The molecule has 0 radical (unpaired) electrons. The van der Waals surface area contributed by atoms with Crippen LogP contribution >= 0.6 is 0 Å². The van der Waals surface area contributed by atoms with Crippen molar-refractivity contribution in [2.45, 2.75) is 39.3 Å². The van der Waals surface area contributed by atoms with Crippen molar-refractivity contribution in [1.29, 1.82) is 0 Å². The first-order valence-corrected chi connectivity index (χ1v) is 8.56. The summed E-state index contributed by atoms with van der Waals surface area (Å²) in [6.45, 7) is 10.4. The van der Waals surface area contributed by atoms with Crippen molar-refractivity contribution >= 4 is 6.08 Å². The van der Waals surface area contributed by atoms with Crippen LogP contribution in [0.15, 0.2) is 55.1 Å². The minimum Gasteiger partial charge on any atom is -0.321 e. The van der Waals surface area contributed by atoms with E-state index in [0.717, 1.165) is 17.6 Å². The van der Waals surface area contributed by atoms with E-state index in [0.29, 0.717) is 5.92 Å². The quantitative estimate of drug-likeness (QED) is 0.582. The third-order valence-corrected chi connectivity index (χ3v) is 4.60. The normalized spacial score (nSPS) is 12.9. The van der Waals surface area contributed by atoms with Gasteiger partial charge in [0.2, 0.25) is 0 Å². The van der Waals surface area contributed by atoms with E-state index < -0.39 is 0 Å².